The Morgan fingerprint density at radius 1 is 1.37 bits per heavy atom. The largest absolute Gasteiger partial charge is 0.493 e. The molecule has 1 aromatic rings. The van der Waals surface area contributed by atoms with Crippen LogP contribution >= 0.6 is 0 Å². The van der Waals surface area contributed by atoms with Crippen LogP contribution in [0.25, 0.3) is 0 Å². The second kappa shape index (κ2) is 7.51. The number of hydrogen-bond donors (Lipinski definition) is 1. The van der Waals surface area contributed by atoms with Gasteiger partial charge in [0.15, 0.2) is 0 Å². The molecule has 0 amide bonds. The number of rotatable bonds is 7. The van der Waals surface area contributed by atoms with E-state index in [4.69, 9.17) is 9.47 Å². The molecule has 1 N–H and O–H groups in total. The fourth-order valence-electron chi connectivity index (χ4n) is 2.37. The summed E-state index contributed by atoms with van der Waals surface area (Å²) in [4.78, 5) is 0. The number of fused-ring (bicyclic) bond motifs is 1. The standard InChI is InChI=1S/C16H25NO2/c1-13(2)12-18-10-8-17-11-14-7-9-19-16-6-4-3-5-15(14)16/h3-6,13-14,17H,7-12H2,1-2H3. The van der Waals surface area contributed by atoms with E-state index >= 15 is 0 Å². The Balaban J connectivity index is 1.70. The summed E-state index contributed by atoms with van der Waals surface area (Å²) < 4.78 is 11.2. The molecule has 2 rings (SSSR count). The molecule has 0 saturated heterocycles. The van der Waals surface area contributed by atoms with Gasteiger partial charge in [-0.15, -0.1) is 0 Å². The molecule has 3 nitrogen and oxygen atoms in total. The summed E-state index contributed by atoms with van der Waals surface area (Å²) in [6.07, 6.45) is 1.09. The van der Waals surface area contributed by atoms with Gasteiger partial charge < -0.3 is 14.8 Å². The molecule has 1 unspecified atom stereocenters. The Hall–Kier alpha value is -1.06. The molecule has 1 heterocycles. The number of nitrogens with one attached hydrogen (secondary N) is 1. The Bertz CT molecular complexity index is 379. The molecule has 0 aliphatic carbocycles. The Kier molecular flexibility index (Phi) is 5.67. The molecule has 106 valence electrons. The molecular formula is C16H25NO2. The lowest BCUT2D eigenvalue weighted by atomic mass is 9.93. The van der Waals surface area contributed by atoms with E-state index in [2.05, 4.69) is 37.4 Å². The molecule has 0 saturated carbocycles. The van der Waals surface area contributed by atoms with E-state index in [1.807, 2.05) is 6.07 Å². The van der Waals surface area contributed by atoms with Crippen LogP contribution in [0.2, 0.25) is 0 Å². The zero-order valence-corrected chi connectivity index (χ0v) is 12.0. The predicted octanol–water partition coefficient (Wildman–Crippen LogP) is 2.81. The highest BCUT2D eigenvalue weighted by Gasteiger charge is 2.20. The maximum Gasteiger partial charge on any atom is 0.122 e. The molecule has 0 radical (unpaired) electrons. The highest BCUT2D eigenvalue weighted by molar-refractivity contribution is 5.37. The first-order valence-electron chi connectivity index (χ1n) is 7.27. The van der Waals surface area contributed by atoms with Crippen LogP contribution in [0.3, 0.4) is 0 Å². The predicted molar refractivity (Wildman–Crippen MR) is 77.8 cm³/mol. The average molecular weight is 263 g/mol. The zero-order chi connectivity index (χ0) is 13.5. The van der Waals surface area contributed by atoms with Gasteiger partial charge in [-0.25, -0.2) is 0 Å². The fourth-order valence-corrected chi connectivity index (χ4v) is 2.37. The summed E-state index contributed by atoms with van der Waals surface area (Å²) in [5, 5.41) is 3.49. The summed E-state index contributed by atoms with van der Waals surface area (Å²) in [6, 6.07) is 8.37. The quantitative estimate of drug-likeness (QED) is 0.767. The van der Waals surface area contributed by atoms with Crippen LogP contribution in [0.4, 0.5) is 0 Å². The van der Waals surface area contributed by atoms with Gasteiger partial charge in [-0.1, -0.05) is 32.0 Å². The van der Waals surface area contributed by atoms with Crippen molar-refractivity contribution >= 4 is 0 Å². The van der Waals surface area contributed by atoms with Gasteiger partial charge in [0.05, 0.1) is 13.2 Å². The zero-order valence-electron chi connectivity index (χ0n) is 12.0. The maximum absolute atomic E-state index is 5.67. The van der Waals surface area contributed by atoms with Crippen LogP contribution in [0.5, 0.6) is 5.75 Å². The van der Waals surface area contributed by atoms with Crippen molar-refractivity contribution in [3.05, 3.63) is 29.8 Å². The van der Waals surface area contributed by atoms with E-state index < -0.39 is 0 Å². The first-order chi connectivity index (χ1) is 9.27. The molecule has 3 heteroatoms. The molecular weight excluding hydrogens is 238 g/mol. The van der Waals surface area contributed by atoms with Crippen LogP contribution in [-0.2, 0) is 4.74 Å². The topological polar surface area (TPSA) is 30.5 Å². The minimum Gasteiger partial charge on any atom is -0.493 e. The smallest absolute Gasteiger partial charge is 0.122 e. The molecule has 1 aliphatic heterocycles. The van der Waals surface area contributed by atoms with E-state index in [-0.39, 0.29) is 0 Å². The van der Waals surface area contributed by atoms with Gasteiger partial charge in [0.25, 0.3) is 0 Å². The molecule has 0 bridgehead atoms. The second-order valence-electron chi connectivity index (χ2n) is 5.54. The molecule has 0 fully saturated rings. The third-order valence-corrected chi connectivity index (χ3v) is 3.35. The van der Waals surface area contributed by atoms with E-state index in [0.29, 0.717) is 11.8 Å². The van der Waals surface area contributed by atoms with Gasteiger partial charge in [-0.2, -0.15) is 0 Å². The van der Waals surface area contributed by atoms with Crippen LogP contribution in [0, 0.1) is 5.92 Å². The van der Waals surface area contributed by atoms with E-state index in [1.165, 1.54) is 5.56 Å². The van der Waals surface area contributed by atoms with Crippen LogP contribution < -0.4 is 10.1 Å². The lowest BCUT2D eigenvalue weighted by Crippen LogP contribution is -2.28. The van der Waals surface area contributed by atoms with Crippen LogP contribution in [0.15, 0.2) is 24.3 Å². The monoisotopic (exact) mass is 263 g/mol. The highest BCUT2D eigenvalue weighted by Crippen LogP contribution is 2.32. The number of hydrogen-bond acceptors (Lipinski definition) is 3. The highest BCUT2D eigenvalue weighted by atomic mass is 16.5. The average Bonchev–Trinajstić information content (AvgIpc) is 2.42. The first-order valence-corrected chi connectivity index (χ1v) is 7.27. The molecule has 1 atom stereocenters. The third kappa shape index (κ3) is 4.51. The molecule has 1 aliphatic rings. The molecule has 1 aromatic carbocycles. The van der Waals surface area contributed by atoms with Crippen molar-refractivity contribution < 1.29 is 9.47 Å². The van der Waals surface area contributed by atoms with Crippen molar-refractivity contribution in [3.63, 3.8) is 0 Å². The van der Waals surface area contributed by atoms with Gasteiger partial charge >= 0.3 is 0 Å². The van der Waals surface area contributed by atoms with Gasteiger partial charge in [0, 0.05) is 25.6 Å². The first kappa shape index (κ1) is 14.4. The summed E-state index contributed by atoms with van der Waals surface area (Å²) in [5.41, 5.74) is 1.34. The lowest BCUT2D eigenvalue weighted by molar-refractivity contribution is 0.111. The van der Waals surface area contributed by atoms with Gasteiger partial charge in [-0.05, 0) is 24.0 Å². The third-order valence-electron chi connectivity index (χ3n) is 3.35. The van der Waals surface area contributed by atoms with Crippen molar-refractivity contribution in [1.82, 2.24) is 5.32 Å². The molecule has 0 spiro atoms. The SMILES string of the molecule is CC(C)COCCNCC1CCOc2ccccc21. The van der Waals surface area contributed by atoms with Crippen molar-refractivity contribution in [3.8, 4) is 5.75 Å². The minimum atomic E-state index is 0.565. The minimum absolute atomic E-state index is 0.565. The summed E-state index contributed by atoms with van der Waals surface area (Å²) in [7, 11) is 0. The van der Waals surface area contributed by atoms with Gasteiger partial charge in [-0.3, -0.25) is 0 Å². The Morgan fingerprint density at radius 3 is 3.05 bits per heavy atom. The normalized spacial score (nSPS) is 18.2. The second-order valence-corrected chi connectivity index (χ2v) is 5.54. The number of ether oxygens (including phenoxy) is 2. The summed E-state index contributed by atoms with van der Waals surface area (Å²) in [6.45, 7) is 8.74. The van der Waals surface area contributed by atoms with Gasteiger partial charge in [0.1, 0.15) is 5.75 Å². The summed E-state index contributed by atoms with van der Waals surface area (Å²) >= 11 is 0. The lowest BCUT2D eigenvalue weighted by Gasteiger charge is -2.26. The van der Waals surface area contributed by atoms with Crippen molar-refractivity contribution in [2.75, 3.05) is 32.9 Å². The van der Waals surface area contributed by atoms with Crippen LogP contribution in [-0.4, -0.2) is 32.9 Å². The van der Waals surface area contributed by atoms with Crippen molar-refractivity contribution in [1.29, 1.82) is 0 Å². The number of para-hydroxylation sites is 1. The van der Waals surface area contributed by atoms with E-state index in [9.17, 15) is 0 Å². The van der Waals surface area contributed by atoms with Crippen molar-refractivity contribution in [2.24, 2.45) is 5.92 Å². The van der Waals surface area contributed by atoms with Crippen molar-refractivity contribution in [2.45, 2.75) is 26.2 Å². The van der Waals surface area contributed by atoms with E-state index in [0.717, 1.165) is 45.1 Å². The van der Waals surface area contributed by atoms with Gasteiger partial charge in [0.2, 0.25) is 0 Å². The Labute approximate surface area is 116 Å². The molecule has 0 aromatic heterocycles. The van der Waals surface area contributed by atoms with Crippen LogP contribution in [0.1, 0.15) is 31.7 Å². The summed E-state index contributed by atoms with van der Waals surface area (Å²) in [5.74, 6) is 2.23. The Morgan fingerprint density at radius 2 is 2.21 bits per heavy atom. The fraction of sp³-hybridized carbons (Fsp3) is 0.625. The number of benzene rings is 1. The maximum atomic E-state index is 5.67. The molecule has 19 heavy (non-hydrogen) atoms. The van der Waals surface area contributed by atoms with E-state index in [1.54, 1.807) is 0 Å².